The highest BCUT2D eigenvalue weighted by atomic mass is 19.4. The van der Waals surface area contributed by atoms with Crippen molar-refractivity contribution in [2.45, 2.75) is 44.3 Å². The lowest BCUT2D eigenvalue weighted by atomic mass is 9.98. The van der Waals surface area contributed by atoms with E-state index in [0.717, 1.165) is 24.8 Å². The second-order valence-corrected chi connectivity index (χ2v) is 4.44. The number of benzene rings is 1. The zero-order valence-electron chi connectivity index (χ0n) is 10.5. The molecule has 0 radical (unpaired) electrons. The van der Waals surface area contributed by atoms with Crippen molar-refractivity contribution in [3.05, 3.63) is 35.4 Å². The van der Waals surface area contributed by atoms with Crippen molar-refractivity contribution in [1.82, 2.24) is 0 Å². The Kier molecular flexibility index (Phi) is 4.90. The third-order valence-corrected chi connectivity index (χ3v) is 2.93. The van der Waals surface area contributed by atoms with Crippen LogP contribution in [0, 0.1) is 0 Å². The van der Waals surface area contributed by atoms with Crippen LogP contribution in [0.4, 0.5) is 22.0 Å². The molecule has 0 saturated carbocycles. The highest BCUT2D eigenvalue weighted by molar-refractivity contribution is 5.26. The van der Waals surface area contributed by atoms with Crippen LogP contribution in [-0.2, 0) is 6.42 Å². The summed E-state index contributed by atoms with van der Waals surface area (Å²) < 4.78 is 62.7. The van der Waals surface area contributed by atoms with Crippen molar-refractivity contribution >= 4 is 0 Å². The third kappa shape index (κ3) is 3.65. The number of alkyl halides is 5. The molecule has 0 fully saturated rings. The summed E-state index contributed by atoms with van der Waals surface area (Å²) in [5, 5.41) is 0. The van der Waals surface area contributed by atoms with E-state index < -0.39 is 18.1 Å². The first kappa shape index (κ1) is 15.9. The van der Waals surface area contributed by atoms with Gasteiger partial charge in [-0.05, 0) is 24.0 Å². The molecule has 1 rings (SSSR count). The number of nitrogens with two attached hydrogens (primary N) is 1. The fourth-order valence-electron chi connectivity index (χ4n) is 1.66. The molecule has 0 aliphatic rings. The van der Waals surface area contributed by atoms with E-state index in [-0.39, 0.29) is 5.56 Å². The maximum Gasteiger partial charge on any atom is 0.455 e. The van der Waals surface area contributed by atoms with E-state index in [9.17, 15) is 22.0 Å². The van der Waals surface area contributed by atoms with Gasteiger partial charge in [-0.1, -0.05) is 37.6 Å². The summed E-state index contributed by atoms with van der Waals surface area (Å²) >= 11 is 0. The molecule has 1 unspecified atom stereocenters. The summed E-state index contributed by atoms with van der Waals surface area (Å²) in [5.41, 5.74) is 5.72. The van der Waals surface area contributed by atoms with Gasteiger partial charge >= 0.3 is 12.1 Å². The van der Waals surface area contributed by atoms with Crippen LogP contribution in [0.15, 0.2) is 24.3 Å². The van der Waals surface area contributed by atoms with E-state index in [1.165, 1.54) is 24.3 Å². The molecular weight excluding hydrogens is 265 g/mol. The van der Waals surface area contributed by atoms with Gasteiger partial charge in [0, 0.05) is 0 Å². The van der Waals surface area contributed by atoms with Gasteiger partial charge in [0.25, 0.3) is 0 Å². The molecule has 1 atom stereocenters. The molecule has 0 heterocycles. The zero-order chi connectivity index (χ0) is 14.7. The lowest BCUT2D eigenvalue weighted by molar-refractivity contribution is -0.291. The average molecular weight is 281 g/mol. The molecule has 6 heteroatoms. The minimum Gasteiger partial charge on any atom is -0.319 e. The van der Waals surface area contributed by atoms with Crippen LogP contribution in [0.25, 0.3) is 0 Å². The topological polar surface area (TPSA) is 26.0 Å². The molecular formula is C13H16F5N. The maximum absolute atomic E-state index is 13.1. The number of unbranched alkanes of at least 4 members (excludes halogenated alkanes) is 1. The van der Waals surface area contributed by atoms with E-state index in [2.05, 4.69) is 0 Å². The van der Waals surface area contributed by atoms with Gasteiger partial charge in [0.15, 0.2) is 0 Å². The first-order chi connectivity index (χ1) is 8.70. The van der Waals surface area contributed by atoms with Gasteiger partial charge in [-0.25, -0.2) is 0 Å². The summed E-state index contributed by atoms with van der Waals surface area (Å²) in [6.45, 7) is 2.01. The number of hydrogen-bond acceptors (Lipinski definition) is 1. The number of aryl methyl sites for hydroxylation is 1. The summed E-state index contributed by atoms with van der Waals surface area (Å²) in [4.78, 5) is 0. The van der Waals surface area contributed by atoms with Crippen molar-refractivity contribution in [1.29, 1.82) is 0 Å². The van der Waals surface area contributed by atoms with Crippen LogP contribution >= 0.6 is 0 Å². The van der Waals surface area contributed by atoms with Crippen LogP contribution in [0.3, 0.4) is 0 Å². The Balaban J connectivity index is 2.86. The first-order valence-corrected chi connectivity index (χ1v) is 5.99. The first-order valence-electron chi connectivity index (χ1n) is 5.99. The molecule has 0 aromatic heterocycles. The molecule has 1 aromatic carbocycles. The smallest absolute Gasteiger partial charge is 0.319 e. The summed E-state index contributed by atoms with van der Waals surface area (Å²) in [6, 6.07) is 3.16. The Morgan fingerprint density at radius 3 is 2.00 bits per heavy atom. The van der Waals surface area contributed by atoms with Crippen molar-refractivity contribution in [3.63, 3.8) is 0 Å². The number of rotatable bonds is 5. The lowest BCUT2D eigenvalue weighted by Gasteiger charge is -2.26. The molecule has 0 aliphatic heterocycles. The zero-order valence-corrected chi connectivity index (χ0v) is 10.5. The van der Waals surface area contributed by atoms with Crippen molar-refractivity contribution in [3.8, 4) is 0 Å². The standard InChI is InChI=1S/C13H16F5N/c1-2-3-4-9-5-7-10(8-6-9)11(19)12(14,15)13(16,17)18/h5-8,11H,2-4,19H2,1H3. The van der Waals surface area contributed by atoms with Crippen LogP contribution in [0.5, 0.6) is 0 Å². The largest absolute Gasteiger partial charge is 0.455 e. The van der Waals surface area contributed by atoms with Crippen LogP contribution in [0.2, 0.25) is 0 Å². The molecule has 0 saturated heterocycles. The van der Waals surface area contributed by atoms with E-state index in [4.69, 9.17) is 5.73 Å². The van der Waals surface area contributed by atoms with Gasteiger partial charge in [-0.2, -0.15) is 22.0 Å². The predicted octanol–water partition coefficient (Wildman–Crippen LogP) is 4.23. The SMILES string of the molecule is CCCCc1ccc(C(N)C(F)(F)C(F)(F)F)cc1. The minimum absolute atomic E-state index is 0.220. The van der Waals surface area contributed by atoms with Crippen molar-refractivity contribution in [2.24, 2.45) is 5.73 Å². The van der Waals surface area contributed by atoms with Gasteiger partial charge in [-0.3, -0.25) is 0 Å². The fourth-order valence-corrected chi connectivity index (χ4v) is 1.66. The normalized spacial score (nSPS) is 14.5. The van der Waals surface area contributed by atoms with Gasteiger partial charge in [0.05, 0.1) is 0 Å². The van der Waals surface area contributed by atoms with Gasteiger partial charge in [0.1, 0.15) is 6.04 Å². The molecule has 0 spiro atoms. The Labute approximate surface area is 108 Å². The predicted molar refractivity (Wildman–Crippen MR) is 63.0 cm³/mol. The molecule has 0 amide bonds. The summed E-state index contributed by atoms with van der Waals surface area (Å²) in [6.07, 6.45) is -2.97. The maximum atomic E-state index is 13.1. The minimum atomic E-state index is -5.65. The monoisotopic (exact) mass is 281 g/mol. The highest BCUT2D eigenvalue weighted by Crippen LogP contribution is 2.43. The van der Waals surface area contributed by atoms with E-state index in [1.807, 2.05) is 6.92 Å². The Morgan fingerprint density at radius 1 is 1.05 bits per heavy atom. The molecule has 2 N–H and O–H groups in total. The van der Waals surface area contributed by atoms with Crippen molar-refractivity contribution in [2.75, 3.05) is 0 Å². The second kappa shape index (κ2) is 5.86. The molecule has 108 valence electrons. The summed E-state index contributed by atoms with van der Waals surface area (Å²) in [7, 11) is 0. The van der Waals surface area contributed by atoms with Gasteiger partial charge in [-0.15, -0.1) is 0 Å². The van der Waals surface area contributed by atoms with Gasteiger partial charge < -0.3 is 5.73 Å². The molecule has 0 aliphatic carbocycles. The Hall–Kier alpha value is -1.17. The van der Waals surface area contributed by atoms with Crippen LogP contribution in [-0.4, -0.2) is 12.1 Å². The molecule has 19 heavy (non-hydrogen) atoms. The quantitative estimate of drug-likeness (QED) is 0.803. The lowest BCUT2D eigenvalue weighted by Crippen LogP contribution is -2.45. The molecule has 0 bridgehead atoms. The van der Waals surface area contributed by atoms with E-state index >= 15 is 0 Å². The molecule has 1 aromatic rings. The molecule has 1 nitrogen and oxygen atoms in total. The van der Waals surface area contributed by atoms with Gasteiger partial charge in [0.2, 0.25) is 0 Å². The van der Waals surface area contributed by atoms with E-state index in [0.29, 0.717) is 0 Å². The third-order valence-electron chi connectivity index (χ3n) is 2.93. The second-order valence-electron chi connectivity index (χ2n) is 4.44. The Bertz CT molecular complexity index is 396. The Morgan fingerprint density at radius 2 is 1.58 bits per heavy atom. The van der Waals surface area contributed by atoms with Crippen LogP contribution in [0.1, 0.15) is 36.9 Å². The number of hydrogen-bond donors (Lipinski definition) is 1. The average Bonchev–Trinajstić information content (AvgIpc) is 2.34. The van der Waals surface area contributed by atoms with E-state index in [1.54, 1.807) is 0 Å². The van der Waals surface area contributed by atoms with Crippen LogP contribution < -0.4 is 5.73 Å². The fraction of sp³-hybridized carbons (Fsp3) is 0.538. The summed E-state index contributed by atoms with van der Waals surface area (Å²) in [5.74, 6) is -4.93. The number of halogens is 5. The highest BCUT2D eigenvalue weighted by Gasteiger charge is 2.61. The van der Waals surface area contributed by atoms with Crippen molar-refractivity contribution < 1.29 is 22.0 Å².